The highest BCUT2D eigenvalue weighted by Crippen LogP contribution is 2.16. The predicted octanol–water partition coefficient (Wildman–Crippen LogP) is 2.41. The monoisotopic (exact) mass is 358 g/mol. The molecule has 2 N–H and O–H groups in total. The number of hydrogen-bond acceptors (Lipinski definition) is 3. The number of benzene rings is 2. The number of nitrogens with one attached hydrogen (secondary N) is 2. The lowest BCUT2D eigenvalue weighted by Crippen LogP contribution is -2.41. The van der Waals surface area contributed by atoms with Crippen molar-refractivity contribution in [2.75, 3.05) is 5.32 Å². The summed E-state index contributed by atoms with van der Waals surface area (Å²) >= 11 is 0. The van der Waals surface area contributed by atoms with Gasteiger partial charge in [0.05, 0.1) is 16.6 Å². The molecule has 0 bridgehead atoms. The van der Waals surface area contributed by atoms with Crippen LogP contribution in [0.4, 0.5) is 18.9 Å². The fraction of sp³-hybridized carbons (Fsp3) is 0.133. The second kappa shape index (κ2) is 7.02. The molecule has 0 radical (unpaired) electrons. The first-order valence-corrected chi connectivity index (χ1v) is 8.21. The summed E-state index contributed by atoms with van der Waals surface area (Å²) in [5.41, 5.74) is -0.283. The molecule has 0 fully saturated rings. The van der Waals surface area contributed by atoms with Crippen LogP contribution in [-0.4, -0.2) is 20.4 Å². The van der Waals surface area contributed by atoms with E-state index < -0.39 is 39.4 Å². The van der Waals surface area contributed by atoms with Crippen molar-refractivity contribution < 1.29 is 26.4 Å². The molecular weight excluding hydrogens is 345 g/mol. The molecule has 24 heavy (non-hydrogen) atoms. The van der Waals surface area contributed by atoms with E-state index in [0.29, 0.717) is 6.07 Å². The Bertz CT molecular complexity index is 855. The van der Waals surface area contributed by atoms with E-state index in [1.807, 2.05) is 0 Å². The van der Waals surface area contributed by atoms with Crippen LogP contribution < -0.4 is 10.0 Å². The fourth-order valence-electron chi connectivity index (χ4n) is 1.80. The quantitative estimate of drug-likeness (QED) is 0.862. The van der Waals surface area contributed by atoms with Gasteiger partial charge >= 0.3 is 0 Å². The molecule has 0 aliphatic carbocycles. The molecule has 0 saturated carbocycles. The van der Waals surface area contributed by atoms with Gasteiger partial charge in [-0.2, -0.15) is 4.72 Å². The van der Waals surface area contributed by atoms with Crippen molar-refractivity contribution in [1.82, 2.24) is 4.72 Å². The standard InChI is InChI=1S/C15H13F3N2O3S/c1-9(15(21)19-14-7-4-11(17)8-13(14)18)20-24(22,23)12-5-2-10(16)3-6-12/h2-9,20H,1H3,(H,19,21). The number of rotatable bonds is 5. The normalized spacial score (nSPS) is 12.7. The second-order valence-electron chi connectivity index (χ2n) is 4.91. The maximum Gasteiger partial charge on any atom is 0.242 e. The Kier molecular flexibility index (Phi) is 5.25. The van der Waals surface area contributed by atoms with Gasteiger partial charge in [0.1, 0.15) is 17.5 Å². The largest absolute Gasteiger partial charge is 0.322 e. The number of carbonyl (C=O) groups is 1. The first-order valence-electron chi connectivity index (χ1n) is 6.73. The van der Waals surface area contributed by atoms with Crippen molar-refractivity contribution in [3.05, 3.63) is 59.9 Å². The van der Waals surface area contributed by atoms with Crippen LogP contribution >= 0.6 is 0 Å². The Hall–Kier alpha value is -2.39. The van der Waals surface area contributed by atoms with E-state index in [1.165, 1.54) is 6.92 Å². The smallest absolute Gasteiger partial charge is 0.242 e. The minimum atomic E-state index is -4.06. The van der Waals surface area contributed by atoms with Crippen molar-refractivity contribution in [1.29, 1.82) is 0 Å². The van der Waals surface area contributed by atoms with E-state index in [2.05, 4.69) is 10.0 Å². The first kappa shape index (κ1) is 18.0. The van der Waals surface area contributed by atoms with Crippen molar-refractivity contribution >= 4 is 21.6 Å². The zero-order valence-corrected chi connectivity index (χ0v) is 13.2. The van der Waals surface area contributed by atoms with Crippen LogP contribution in [0.15, 0.2) is 47.4 Å². The Morgan fingerprint density at radius 2 is 1.58 bits per heavy atom. The summed E-state index contributed by atoms with van der Waals surface area (Å²) in [6.07, 6.45) is 0. The highest BCUT2D eigenvalue weighted by Gasteiger charge is 2.22. The molecule has 0 aliphatic rings. The molecule has 0 saturated heterocycles. The summed E-state index contributed by atoms with van der Waals surface area (Å²) in [6, 6.07) is 5.33. The molecule has 0 spiro atoms. The molecule has 1 amide bonds. The Morgan fingerprint density at radius 3 is 2.17 bits per heavy atom. The van der Waals surface area contributed by atoms with Crippen LogP contribution in [0.5, 0.6) is 0 Å². The molecule has 2 aromatic carbocycles. The van der Waals surface area contributed by atoms with Crippen LogP contribution in [-0.2, 0) is 14.8 Å². The molecule has 9 heteroatoms. The van der Waals surface area contributed by atoms with E-state index in [4.69, 9.17) is 0 Å². The van der Waals surface area contributed by atoms with Gasteiger partial charge in [-0.1, -0.05) is 0 Å². The molecule has 2 rings (SSSR count). The van der Waals surface area contributed by atoms with Gasteiger partial charge in [-0.15, -0.1) is 0 Å². The number of amides is 1. The Morgan fingerprint density at radius 1 is 1.00 bits per heavy atom. The van der Waals surface area contributed by atoms with Crippen LogP contribution in [0.3, 0.4) is 0 Å². The average molecular weight is 358 g/mol. The third-order valence-electron chi connectivity index (χ3n) is 3.04. The maximum atomic E-state index is 13.5. The highest BCUT2D eigenvalue weighted by atomic mass is 32.2. The Labute approximate surface area is 136 Å². The van der Waals surface area contributed by atoms with E-state index in [0.717, 1.165) is 36.4 Å². The minimum absolute atomic E-state index is 0.225. The second-order valence-corrected chi connectivity index (χ2v) is 6.62. The SMILES string of the molecule is CC(NS(=O)(=O)c1ccc(F)cc1)C(=O)Nc1ccc(F)cc1F. The molecule has 0 heterocycles. The van der Waals surface area contributed by atoms with Crippen LogP contribution in [0.1, 0.15) is 6.92 Å². The van der Waals surface area contributed by atoms with Gasteiger partial charge in [-0.3, -0.25) is 4.79 Å². The van der Waals surface area contributed by atoms with Gasteiger partial charge in [0, 0.05) is 6.07 Å². The zero-order valence-electron chi connectivity index (χ0n) is 12.4. The lowest BCUT2D eigenvalue weighted by atomic mass is 10.2. The van der Waals surface area contributed by atoms with E-state index in [-0.39, 0.29) is 10.6 Å². The van der Waals surface area contributed by atoms with Gasteiger partial charge in [0.15, 0.2) is 0 Å². The van der Waals surface area contributed by atoms with E-state index in [9.17, 15) is 26.4 Å². The van der Waals surface area contributed by atoms with E-state index in [1.54, 1.807) is 0 Å². The lowest BCUT2D eigenvalue weighted by Gasteiger charge is -2.15. The number of sulfonamides is 1. The number of hydrogen-bond donors (Lipinski definition) is 2. The summed E-state index contributed by atoms with van der Waals surface area (Å²) in [6.45, 7) is 1.25. The molecule has 128 valence electrons. The summed E-state index contributed by atoms with van der Waals surface area (Å²) in [5.74, 6) is -3.25. The summed E-state index contributed by atoms with van der Waals surface area (Å²) < 4.78 is 65.4. The number of carbonyl (C=O) groups excluding carboxylic acids is 1. The minimum Gasteiger partial charge on any atom is -0.322 e. The summed E-state index contributed by atoms with van der Waals surface area (Å²) in [7, 11) is -4.06. The molecule has 1 unspecified atom stereocenters. The zero-order chi connectivity index (χ0) is 17.9. The predicted molar refractivity (Wildman–Crippen MR) is 81.2 cm³/mol. The van der Waals surface area contributed by atoms with Gasteiger partial charge in [-0.05, 0) is 43.3 Å². The first-order chi connectivity index (χ1) is 11.2. The molecule has 5 nitrogen and oxygen atoms in total. The molecule has 1 atom stereocenters. The third-order valence-corrected chi connectivity index (χ3v) is 4.59. The number of anilines is 1. The van der Waals surface area contributed by atoms with Crippen LogP contribution in [0.25, 0.3) is 0 Å². The Balaban J connectivity index is 2.09. The maximum absolute atomic E-state index is 13.5. The van der Waals surface area contributed by atoms with E-state index >= 15 is 0 Å². The average Bonchev–Trinajstić information content (AvgIpc) is 2.50. The van der Waals surface area contributed by atoms with Gasteiger partial charge < -0.3 is 5.32 Å². The fourth-order valence-corrected chi connectivity index (χ4v) is 3.00. The van der Waals surface area contributed by atoms with Gasteiger partial charge in [-0.25, -0.2) is 21.6 Å². The highest BCUT2D eigenvalue weighted by molar-refractivity contribution is 7.89. The molecule has 0 aliphatic heterocycles. The van der Waals surface area contributed by atoms with Crippen molar-refractivity contribution in [3.63, 3.8) is 0 Å². The summed E-state index contributed by atoms with van der Waals surface area (Å²) in [4.78, 5) is 11.7. The van der Waals surface area contributed by atoms with Gasteiger partial charge in [0.25, 0.3) is 0 Å². The van der Waals surface area contributed by atoms with Crippen molar-refractivity contribution in [2.24, 2.45) is 0 Å². The molecule has 0 aromatic heterocycles. The summed E-state index contributed by atoms with van der Waals surface area (Å²) in [5, 5.41) is 2.15. The van der Waals surface area contributed by atoms with Gasteiger partial charge in [0.2, 0.25) is 15.9 Å². The third kappa shape index (κ3) is 4.33. The topological polar surface area (TPSA) is 75.3 Å². The van der Waals surface area contributed by atoms with Crippen LogP contribution in [0.2, 0.25) is 0 Å². The van der Waals surface area contributed by atoms with Crippen molar-refractivity contribution in [3.8, 4) is 0 Å². The molecular formula is C15H13F3N2O3S. The van der Waals surface area contributed by atoms with Crippen LogP contribution in [0, 0.1) is 17.5 Å². The molecule has 2 aromatic rings. The van der Waals surface area contributed by atoms with Crippen molar-refractivity contribution in [2.45, 2.75) is 17.9 Å². The number of halogens is 3. The lowest BCUT2D eigenvalue weighted by molar-refractivity contribution is -0.117.